The number of aliphatic hydroxyl groups is 4. The van der Waals surface area contributed by atoms with Gasteiger partial charge in [0, 0.05) is 0 Å². The van der Waals surface area contributed by atoms with E-state index in [-0.39, 0.29) is 5.69 Å². The SMILES string of the molecule is OC[C@H]1O[C@@H](O/C(=N/c2ccccc2)C(F)(F)F)[C@H](O)[C@@H](O)[C@H]1O. The number of hydrogen-bond acceptors (Lipinski definition) is 7. The number of aliphatic hydroxyl groups excluding tert-OH is 4. The Bertz CT molecular complexity index is 565. The van der Waals surface area contributed by atoms with Gasteiger partial charge >= 0.3 is 6.18 Å². The number of hydrogen-bond donors (Lipinski definition) is 4. The summed E-state index contributed by atoms with van der Waals surface area (Å²) in [5.74, 6) is -1.70. The molecule has 2 rings (SSSR count). The quantitative estimate of drug-likeness (QED) is 0.454. The minimum absolute atomic E-state index is 0.0468. The van der Waals surface area contributed by atoms with Crippen LogP contribution in [-0.4, -0.2) is 69.8 Å². The lowest BCUT2D eigenvalue weighted by Crippen LogP contribution is -2.59. The number of rotatable bonds is 3. The third-order valence-corrected chi connectivity index (χ3v) is 3.31. The van der Waals surface area contributed by atoms with Crippen LogP contribution in [0.15, 0.2) is 35.3 Å². The maximum Gasteiger partial charge on any atom is 0.468 e. The Balaban J connectivity index is 2.25. The van der Waals surface area contributed by atoms with E-state index in [4.69, 9.17) is 9.84 Å². The van der Waals surface area contributed by atoms with Crippen LogP contribution >= 0.6 is 0 Å². The van der Waals surface area contributed by atoms with Crippen molar-refractivity contribution in [1.82, 2.24) is 0 Å². The van der Waals surface area contributed by atoms with Gasteiger partial charge in [-0.15, -0.1) is 0 Å². The first-order valence-electron chi connectivity index (χ1n) is 6.92. The molecule has 4 N–H and O–H groups in total. The molecule has 0 spiro atoms. The van der Waals surface area contributed by atoms with Crippen LogP contribution < -0.4 is 0 Å². The summed E-state index contributed by atoms with van der Waals surface area (Å²) < 4.78 is 48.7. The number of para-hydroxylation sites is 1. The Hall–Kier alpha value is -1.72. The normalized spacial score (nSPS) is 31.8. The van der Waals surface area contributed by atoms with E-state index in [0.717, 1.165) is 0 Å². The van der Waals surface area contributed by atoms with E-state index >= 15 is 0 Å². The molecule has 134 valence electrons. The maximum atomic E-state index is 13.1. The summed E-state index contributed by atoms with van der Waals surface area (Å²) in [6, 6.07) is 7.15. The van der Waals surface area contributed by atoms with Crippen LogP contribution in [0.2, 0.25) is 0 Å². The molecule has 1 aliphatic rings. The molecule has 10 heteroatoms. The summed E-state index contributed by atoms with van der Waals surface area (Å²) in [7, 11) is 0. The molecular formula is C14H16F3NO6. The Morgan fingerprint density at radius 1 is 1.08 bits per heavy atom. The van der Waals surface area contributed by atoms with Gasteiger partial charge in [-0.05, 0) is 12.1 Å². The summed E-state index contributed by atoms with van der Waals surface area (Å²) in [4.78, 5) is 3.33. The Morgan fingerprint density at radius 3 is 2.25 bits per heavy atom. The summed E-state index contributed by atoms with van der Waals surface area (Å²) in [5.41, 5.74) is -0.0468. The van der Waals surface area contributed by atoms with Crippen LogP contribution in [0, 0.1) is 0 Å². The highest BCUT2D eigenvalue weighted by atomic mass is 19.4. The molecule has 1 aromatic rings. The topological polar surface area (TPSA) is 112 Å². The van der Waals surface area contributed by atoms with Crippen molar-refractivity contribution in [2.45, 2.75) is 36.9 Å². The highest BCUT2D eigenvalue weighted by Crippen LogP contribution is 2.27. The molecule has 0 aliphatic carbocycles. The second-order valence-electron chi connectivity index (χ2n) is 5.07. The molecule has 7 nitrogen and oxygen atoms in total. The lowest BCUT2D eigenvalue weighted by Gasteiger charge is -2.39. The van der Waals surface area contributed by atoms with Gasteiger partial charge < -0.3 is 29.9 Å². The van der Waals surface area contributed by atoms with Gasteiger partial charge in [0.25, 0.3) is 5.90 Å². The van der Waals surface area contributed by atoms with Crippen LogP contribution in [0.25, 0.3) is 0 Å². The van der Waals surface area contributed by atoms with Crippen molar-refractivity contribution in [2.24, 2.45) is 4.99 Å². The van der Waals surface area contributed by atoms with Crippen molar-refractivity contribution < 1.29 is 43.1 Å². The molecule has 0 bridgehead atoms. The van der Waals surface area contributed by atoms with Gasteiger partial charge in [-0.3, -0.25) is 0 Å². The van der Waals surface area contributed by atoms with E-state index in [1.165, 1.54) is 24.3 Å². The fourth-order valence-electron chi connectivity index (χ4n) is 2.05. The van der Waals surface area contributed by atoms with Gasteiger partial charge in [0.05, 0.1) is 12.3 Å². The smallest absolute Gasteiger partial charge is 0.441 e. The Labute approximate surface area is 134 Å². The van der Waals surface area contributed by atoms with Gasteiger partial charge in [-0.2, -0.15) is 13.2 Å². The van der Waals surface area contributed by atoms with Gasteiger partial charge in [0.15, 0.2) is 0 Å². The predicted molar refractivity (Wildman–Crippen MR) is 74.4 cm³/mol. The average Bonchev–Trinajstić information content (AvgIpc) is 2.54. The molecule has 0 amide bonds. The summed E-state index contributed by atoms with van der Waals surface area (Å²) in [6.07, 6.45) is -13.9. The zero-order valence-electron chi connectivity index (χ0n) is 12.2. The molecule has 5 atom stereocenters. The van der Waals surface area contributed by atoms with Crippen molar-refractivity contribution >= 4 is 11.6 Å². The van der Waals surface area contributed by atoms with E-state index < -0.39 is 49.4 Å². The molecule has 1 fully saturated rings. The van der Waals surface area contributed by atoms with E-state index in [9.17, 15) is 28.5 Å². The first-order chi connectivity index (χ1) is 11.2. The molecule has 24 heavy (non-hydrogen) atoms. The van der Waals surface area contributed by atoms with Gasteiger partial charge in [-0.25, -0.2) is 4.99 Å². The fourth-order valence-corrected chi connectivity index (χ4v) is 2.05. The summed E-state index contributed by atoms with van der Waals surface area (Å²) in [5, 5.41) is 37.9. The molecular weight excluding hydrogens is 335 g/mol. The predicted octanol–water partition coefficient (Wildman–Crippen LogP) is 0.0954. The molecule has 0 radical (unpaired) electrons. The van der Waals surface area contributed by atoms with Crippen LogP contribution in [-0.2, 0) is 9.47 Å². The number of halogens is 3. The number of aliphatic imine (C=N–C) groups is 1. The number of nitrogens with zero attached hydrogens (tertiary/aromatic N) is 1. The molecule has 1 aliphatic heterocycles. The van der Waals surface area contributed by atoms with Crippen LogP contribution in [0.1, 0.15) is 0 Å². The molecule has 1 aromatic carbocycles. The van der Waals surface area contributed by atoms with Crippen LogP contribution in [0.3, 0.4) is 0 Å². The van der Waals surface area contributed by atoms with E-state index in [1.807, 2.05) is 0 Å². The standard InChI is InChI=1S/C14H16F3NO6/c15-14(16,17)13(18-7-4-2-1-3-5-7)24-12-11(22)10(21)9(20)8(6-19)23-12/h1-5,8-12,19-22H,6H2/b18-13+/t8-,9+,10+,11-,12+/m1/s1. The molecule has 1 saturated heterocycles. The van der Waals surface area contributed by atoms with Crippen LogP contribution in [0.5, 0.6) is 0 Å². The van der Waals surface area contributed by atoms with Crippen molar-refractivity contribution in [3.63, 3.8) is 0 Å². The number of alkyl halides is 3. The first-order valence-corrected chi connectivity index (χ1v) is 6.92. The van der Waals surface area contributed by atoms with Crippen LogP contribution in [0.4, 0.5) is 18.9 Å². The van der Waals surface area contributed by atoms with Gasteiger partial charge in [0.2, 0.25) is 6.29 Å². The van der Waals surface area contributed by atoms with Crippen molar-refractivity contribution in [3.05, 3.63) is 30.3 Å². The third-order valence-electron chi connectivity index (χ3n) is 3.31. The molecule has 0 aromatic heterocycles. The molecule has 0 unspecified atom stereocenters. The fraction of sp³-hybridized carbons (Fsp3) is 0.500. The molecule has 0 saturated carbocycles. The Morgan fingerprint density at radius 2 is 1.71 bits per heavy atom. The minimum atomic E-state index is -4.99. The monoisotopic (exact) mass is 351 g/mol. The van der Waals surface area contributed by atoms with E-state index in [1.54, 1.807) is 6.07 Å². The Kier molecular flexibility index (Phi) is 5.78. The highest BCUT2D eigenvalue weighted by Gasteiger charge is 2.48. The molecule has 1 heterocycles. The number of ether oxygens (including phenoxy) is 2. The summed E-state index contributed by atoms with van der Waals surface area (Å²) in [6.45, 7) is -0.790. The number of benzene rings is 1. The van der Waals surface area contributed by atoms with Crippen molar-refractivity contribution in [3.8, 4) is 0 Å². The highest BCUT2D eigenvalue weighted by molar-refractivity contribution is 5.84. The summed E-state index contributed by atoms with van der Waals surface area (Å²) >= 11 is 0. The second-order valence-corrected chi connectivity index (χ2v) is 5.07. The average molecular weight is 351 g/mol. The van der Waals surface area contributed by atoms with Crippen molar-refractivity contribution in [2.75, 3.05) is 6.61 Å². The zero-order chi connectivity index (χ0) is 17.9. The van der Waals surface area contributed by atoms with Gasteiger partial charge in [-0.1, -0.05) is 18.2 Å². The first kappa shape index (κ1) is 18.6. The van der Waals surface area contributed by atoms with E-state index in [2.05, 4.69) is 9.73 Å². The largest absolute Gasteiger partial charge is 0.468 e. The second kappa shape index (κ2) is 7.45. The van der Waals surface area contributed by atoms with E-state index in [0.29, 0.717) is 0 Å². The maximum absolute atomic E-state index is 13.1. The van der Waals surface area contributed by atoms with Crippen molar-refractivity contribution in [1.29, 1.82) is 0 Å². The van der Waals surface area contributed by atoms with Gasteiger partial charge in [0.1, 0.15) is 24.4 Å². The lowest BCUT2D eigenvalue weighted by molar-refractivity contribution is -0.285. The minimum Gasteiger partial charge on any atom is -0.441 e. The third kappa shape index (κ3) is 4.22. The lowest BCUT2D eigenvalue weighted by atomic mass is 9.99. The zero-order valence-corrected chi connectivity index (χ0v) is 12.2.